The third-order valence-corrected chi connectivity index (χ3v) is 5.69. The molecule has 0 aromatic heterocycles. The number of carboxylic acids is 1. The van der Waals surface area contributed by atoms with Gasteiger partial charge in [0.2, 0.25) is 5.91 Å². The van der Waals surface area contributed by atoms with Crippen molar-refractivity contribution in [2.75, 3.05) is 13.3 Å². The summed E-state index contributed by atoms with van der Waals surface area (Å²) in [6, 6.07) is 7.35. The highest BCUT2D eigenvalue weighted by Gasteiger charge is 2.37. The van der Waals surface area contributed by atoms with Crippen LogP contribution in [0.15, 0.2) is 24.3 Å². The first-order valence-corrected chi connectivity index (χ1v) is 10.0. The first kappa shape index (κ1) is 16.8. The zero-order valence-corrected chi connectivity index (χ0v) is 13.8. The maximum Gasteiger partial charge on any atom is 0.307 e. The van der Waals surface area contributed by atoms with Gasteiger partial charge in [0.15, 0.2) is 0 Å². The van der Waals surface area contributed by atoms with E-state index in [2.05, 4.69) is 5.32 Å². The summed E-state index contributed by atoms with van der Waals surface area (Å²) in [6.45, 7) is 3.75. The second-order valence-electron chi connectivity index (χ2n) is 6.22. The van der Waals surface area contributed by atoms with Crippen LogP contribution in [-0.4, -0.2) is 30.3 Å². The topological polar surface area (TPSA) is 83.5 Å². The van der Waals surface area contributed by atoms with Crippen molar-refractivity contribution >= 4 is 24.3 Å². The molecule has 2 rings (SSSR count). The number of benzene rings is 1. The van der Waals surface area contributed by atoms with Gasteiger partial charge >= 0.3 is 5.97 Å². The van der Waals surface area contributed by atoms with Gasteiger partial charge in [-0.2, -0.15) is 0 Å². The van der Waals surface area contributed by atoms with E-state index in [9.17, 15) is 14.2 Å². The smallest absolute Gasteiger partial charge is 0.307 e. The molecular weight excluding hydrogens is 301 g/mol. The Kier molecular flexibility index (Phi) is 5.07. The lowest BCUT2D eigenvalue weighted by Crippen LogP contribution is -2.35. The minimum absolute atomic E-state index is 0.202. The van der Waals surface area contributed by atoms with Crippen LogP contribution in [0.1, 0.15) is 24.8 Å². The molecule has 0 heterocycles. The van der Waals surface area contributed by atoms with Gasteiger partial charge in [0.1, 0.15) is 7.14 Å². The molecular formula is C16H22NO4P. The van der Waals surface area contributed by atoms with Gasteiger partial charge in [-0.3, -0.25) is 9.59 Å². The second kappa shape index (κ2) is 6.66. The predicted molar refractivity (Wildman–Crippen MR) is 85.8 cm³/mol. The van der Waals surface area contributed by atoms with Crippen LogP contribution in [0.5, 0.6) is 0 Å². The maximum atomic E-state index is 12.2. The SMILES string of the molecule is CP(C)(=O)c1cccc(CNC(=O)[C@@H]2CCC[C@@H]2C(=O)O)c1. The van der Waals surface area contributed by atoms with E-state index >= 15 is 0 Å². The molecule has 6 heteroatoms. The average molecular weight is 323 g/mol. The molecule has 5 nitrogen and oxygen atoms in total. The number of amides is 1. The molecule has 0 radical (unpaired) electrons. The molecule has 22 heavy (non-hydrogen) atoms. The Morgan fingerprint density at radius 2 is 1.95 bits per heavy atom. The molecule has 0 spiro atoms. The Labute approximate surface area is 130 Å². The van der Waals surface area contributed by atoms with Crippen LogP contribution in [0.4, 0.5) is 0 Å². The molecule has 2 N–H and O–H groups in total. The second-order valence-corrected chi connectivity index (χ2v) is 9.44. The minimum atomic E-state index is -2.33. The number of carbonyl (C=O) groups is 2. The van der Waals surface area contributed by atoms with Crippen LogP contribution < -0.4 is 10.6 Å². The first-order chi connectivity index (χ1) is 10.3. The molecule has 1 saturated carbocycles. The molecule has 1 aliphatic rings. The van der Waals surface area contributed by atoms with Gasteiger partial charge in [0, 0.05) is 11.8 Å². The quantitative estimate of drug-likeness (QED) is 0.812. The fourth-order valence-corrected chi connectivity index (χ4v) is 3.81. The molecule has 1 fully saturated rings. The molecule has 1 amide bonds. The van der Waals surface area contributed by atoms with Crippen molar-refractivity contribution < 1.29 is 19.3 Å². The summed E-state index contributed by atoms with van der Waals surface area (Å²) in [4.78, 5) is 23.3. The standard InChI is InChI=1S/C16H22NO4P/c1-22(2,21)12-6-3-5-11(9-12)10-17-15(18)13-7-4-8-14(13)16(19)20/h3,5-6,9,13-14H,4,7-8,10H2,1-2H3,(H,17,18)(H,19,20)/t13-,14+/m1/s1. The fourth-order valence-electron chi connectivity index (χ4n) is 2.89. The van der Waals surface area contributed by atoms with E-state index in [0.717, 1.165) is 17.3 Å². The predicted octanol–water partition coefficient (Wildman–Crippen LogP) is 2.05. The minimum Gasteiger partial charge on any atom is -0.481 e. The van der Waals surface area contributed by atoms with Crippen molar-refractivity contribution in [2.24, 2.45) is 11.8 Å². The van der Waals surface area contributed by atoms with Crippen LogP contribution in [0.2, 0.25) is 0 Å². The first-order valence-electron chi connectivity index (χ1n) is 7.44. The molecule has 120 valence electrons. The van der Waals surface area contributed by atoms with E-state index in [4.69, 9.17) is 5.11 Å². The van der Waals surface area contributed by atoms with Gasteiger partial charge in [-0.05, 0) is 37.8 Å². The summed E-state index contributed by atoms with van der Waals surface area (Å²) in [5, 5.41) is 12.7. The van der Waals surface area contributed by atoms with Crippen molar-refractivity contribution in [3.63, 3.8) is 0 Å². The van der Waals surface area contributed by atoms with E-state index in [0.29, 0.717) is 19.4 Å². The van der Waals surface area contributed by atoms with Gasteiger partial charge in [-0.25, -0.2) is 0 Å². The monoisotopic (exact) mass is 323 g/mol. The summed E-state index contributed by atoms with van der Waals surface area (Å²) in [5.41, 5.74) is 0.875. The Bertz CT molecular complexity index is 622. The van der Waals surface area contributed by atoms with Crippen LogP contribution in [0.25, 0.3) is 0 Å². The van der Waals surface area contributed by atoms with Gasteiger partial charge in [0.25, 0.3) is 0 Å². The van der Waals surface area contributed by atoms with Crippen molar-refractivity contribution in [3.05, 3.63) is 29.8 Å². The number of aliphatic carboxylic acids is 1. The van der Waals surface area contributed by atoms with Crippen molar-refractivity contribution in [1.29, 1.82) is 0 Å². The third-order valence-electron chi connectivity index (χ3n) is 4.17. The van der Waals surface area contributed by atoms with Crippen molar-refractivity contribution in [3.8, 4) is 0 Å². The van der Waals surface area contributed by atoms with E-state index < -0.39 is 24.9 Å². The molecule has 0 bridgehead atoms. The number of nitrogens with one attached hydrogen (secondary N) is 1. The van der Waals surface area contributed by atoms with Gasteiger partial charge in [0.05, 0.1) is 11.8 Å². The van der Waals surface area contributed by atoms with Crippen LogP contribution in [0.3, 0.4) is 0 Å². The molecule has 1 aliphatic carbocycles. The zero-order valence-electron chi connectivity index (χ0n) is 12.9. The number of carboxylic acid groups (broad SMARTS) is 1. The lowest BCUT2D eigenvalue weighted by Gasteiger charge is -2.16. The van der Waals surface area contributed by atoms with E-state index in [1.54, 1.807) is 13.3 Å². The van der Waals surface area contributed by atoms with Crippen LogP contribution in [-0.2, 0) is 20.7 Å². The number of rotatable bonds is 5. The summed E-state index contributed by atoms with van der Waals surface area (Å²) < 4.78 is 12.1. The highest BCUT2D eigenvalue weighted by molar-refractivity contribution is 7.70. The molecule has 1 aromatic rings. The maximum absolute atomic E-state index is 12.2. The molecule has 0 unspecified atom stereocenters. The summed E-state index contributed by atoms with van der Waals surface area (Å²) in [5.74, 6) is -2.11. The largest absolute Gasteiger partial charge is 0.481 e. The number of carbonyl (C=O) groups excluding carboxylic acids is 1. The Morgan fingerprint density at radius 1 is 1.27 bits per heavy atom. The fraction of sp³-hybridized carbons (Fsp3) is 0.500. The van der Waals surface area contributed by atoms with Crippen molar-refractivity contribution in [2.45, 2.75) is 25.8 Å². The van der Waals surface area contributed by atoms with E-state index in [-0.39, 0.29) is 5.91 Å². The third kappa shape index (κ3) is 3.98. The van der Waals surface area contributed by atoms with E-state index in [1.807, 2.05) is 24.3 Å². The van der Waals surface area contributed by atoms with Gasteiger partial charge in [-0.1, -0.05) is 24.6 Å². The van der Waals surface area contributed by atoms with Crippen LogP contribution >= 0.6 is 7.14 Å². The number of hydrogen-bond donors (Lipinski definition) is 2. The molecule has 0 saturated heterocycles. The summed E-state index contributed by atoms with van der Waals surface area (Å²) in [6.07, 6.45) is 1.97. The highest BCUT2D eigenvalue weighted by atomic mass is 31.2. The normalized spacial score (nSPS) is 21.5. The molecule has 2 atom stereocenters. The molecule has 1 aromatic carbocycles. The zero-order chi connectivity index (χ0) is 16.3. The van der Waals surface area contributed by atoms with Gasteiger partial charge < -0.3 is 15.0 Å². The lowest BCUT2D eigenvalue weighted by atomic mass is 9.95. The van der Waals surface area contributed by atoms with Crippen LogP contribution in [0, 0.1) is 11.8 Å². The average Bonchev–Trinajstić information content (AvgIpc) is 2.94. The van der Waals surface area contributed by atoms with E-state index in [1.165, 1.54) is 0 Å². The Balaban J connectivity index is 2.00. The molecule has 0 aliphatic heterocycles. The van der Waals surface area contributed by atoms with Gasteiger partial charge in [-0.15, -0.1) is 0 Å². The Hall–Kier alpha value is -1.61. The summed E-state index contributed by atoms with van der Waals surface area (Å²) >= 11 is 0. The number of hydrogen-bond acceptors (Lipinski definition) is 3. The summed E-state index contributed by atoms with van der Waals surface area (Å²) in [7, 11) is -2.33. The lowest BCUT2D eigenvalue weighted by molar-refractivity contribution is -0.146. The Morgan fingerprint density at radius 3 is 2.59 bits per heavy atom. The van der Waals surface area contributed by atoms with Crippen molar-refractivity contribution in [1.82, 2.24) is 5.32 Å². The highest BCUT2D eigenvalue weighted by Crippen LogP contribution is 2.34.